The molecule has 71 heavy (non-hydrogen) atoms. The van der Waals surface area contributed by atoms with E-state index in [1.54, 1.807) is 12.1 Å². The Morgan fingerprint density at radius 3 is 1.10 bits per heavy atom. The smallest absolute Gasteiger partial charge is 0.427 e. The molecule has 1 unspecified atom stereocenters. The Morgan fingerprint density at radius 1 is 0.408 bits per heavy atom. The van der Waals surface area contributed by atoms with Gasteiger partial charge in [0, 0.05) is 43.0 Å². The minimum Gasteiger partial charge on any atom is -0.427 e. The Kier molecular flexibility index (Phi) is 23.6. The van der Waals surface area contributed by atoms with Crippen LogP contribution in [0, 0.1) is 5.92 Å². The van der Waals surface area contributed by atoms with E-state index in [4.69, 9.17) is 37.0 Å². The van der Waals surface area contributed by atoms with E-state index in [9.17, 15) is 9.79 Å². The molecule has 0 amide bonds. The van der Waals surface area contributed by atoms with Gasteiger partial charge < -0.3 is 46.8 Å². The van der Waals surface area contributed by atoms with Gasteiger partial charge in [0.05, 0.1) is 26.4 Å². The van der Waals surface area contributed by atoms with Gasteiger partial charge in [-0.25, -0.2) is 0 Å². The Balaban J connectivity index is 1.78. The molecule has 4 aromatic carbocycles. The molecule has 0 aromatic heterocycles. The molecule has 0 fully saturated rings. The molecule has 0 saturated heterocycles. The van der Waals surface area contributed by atoms with Gasteiger partial charge in [-0.05, 0) is 112 Å². The Hall–Kier alpha value is -3.30. The Bertz CT molecular complexity index is 2050. The highest BCUT2D eigenvalue weighted by Crippen LogP contribution is 2.50. The van der Waals surface area contributed by atoms with Crippen LogP contribution in [0.2, 0.25) is 0 Å². The first-order valence-corrected chi connectivity index (χ1v) is 28.2. The molecule has 0 bridgehead atoms. The van der Waals surface area contributed by atoms with Gasteiger partial charge in [-0.15, -0.1) is 0 Å². The van der Waals surface area contributed by atoms with Crippen molar-refractivity contribution in [3.8, 4) is 23.0 Å². The van der Waals surface area contributed by atoms with Gasteiger partial charge in [-0.3, -0.25) is 0 Å². The third kappa shape index (κ3) is 19.2. The highest BCUT2D eigenvalue weighted by molar-refractivity contribution is 7.43. The monoisotopic (exact) mass is 1020 g/mol. The molecule has 0 radical (unpaired) electrons. The van der Waals surface area contributed by atoms with E-state index in [1.807, 2.05) is 24.3 Å². The summed E-state index contributed by atoms with van der Waals surface area (Å²) in [6.07, 6.45) is 5.74. The molecular weight excluding hydrogens is 931 g/mol. The largest absolute Gasteiger partial charge is 0.530 e. The Morgan fingerprint density at radius 2 is 0.761 bits per heavy atom. The van der Waals surface area contributed by atoms with E-state index >= 15 is 0 Å². The van der Waals surface area contributed by atoms with Crippen LogP contribution in [0.15, 0.2) is 84.9 Å². The van der Waals surface area contributed by atoms with Gasteiger partial charge in [-0.2, -0.15) is 0 Å². The van der Waals surface area contributed by atoms with Crippen molar-refractivity contribution in [2.45, 2.75) is 169 Å². The maximum absolute atomic E-state index is 9.66. The minimum absolute atomic E-state index is 0.0495. The summed E-state index contributed by atoms with van der Waals surface area (Å²) in [6, 6.07) is 28.8. The number of unbranched alkanes of at least 4 members (excludes halogenated alkanes) is 2. The lowest BCUT2D eigenvalue weighted by molar-refractivity contribution is 0.0263. The van der Waals surface area contributed by atoms with Crippen LogP contribution in [-0.2, 0) is 46.0 Å². The van der Waals surface area contributed by atoms with Crippen molar-refractivity contribution in [3.63, 3.8) is 0 Å². The van der Waals surface area contributed by atoms with Crippen molar-refractivity contribution in [1.29, 1.82) is 0 Å². The molecule has 2 N–H and O–H groups in total. The zero-order chi connectivity index (χ0) is 52.5. The van der Waals surface area contributed by atoms with E-state index in [1.165, 1.54) is 11.1 Å². The molecule has 0 aliphatic heterocycles. The lowest BCUT2D eigenvalue weighted by Gasteiger charge is -2.39. The van der Waals surface area contributed by atoms with E-state index in [-0.39, 0.29) is 27.6 Å². The maximum atomic E-state index is 9.66. The standard InChI is InChI=1S/C59H90O10P2/c1-16-18-34-62-38-40-64-36-32-46(33-37-65-41-39-63-35-19-17-2)59(15,44-20-26-49(27-21-44)66-70(60)61)45-22-28-50(29-23-45)67-71(68-53-30-24-47(55(3,4)5)42-51(53)57(9,10)11)69-54-31-25-48(56(6,7)8)43-52(54)58(12,13)14/h20-31,42-43,46,60-61H,16-19,32-41H2,1-15H3. The van der Waals surface area contributed by atoms with Crippen LogP contribution in [0.3, 0.4) is 0 Å². The zero-order valence-corrected chi connectivity index (χ0v) is 47.9. The summed E-state index contributed by atoms with van der Waals surface area (Å²) in [6.45, 7) is 37.9. The summed E-state index contributed by atoms with van der Waals surface area (Å²) >= 11 is 0. The molecular formula is C59H90O10P2. The lowest BCUT2D eigenvalue weighted by atomic mass is 9.65. The second kappa shape index (κ2) is 27.8. The van der Waals surface area contributed by atoms with Crippen LogP contribution in [-0.4, -0.2) is 62.6 Å². The summed E-state index contributed by atoms with van der Waals surface area (Å²) in [4.78, 5) is 19.3. The molecule has 4 aromatic rings. The second-order valence-electron chi connectivity index (χ2n) is 22.9. The van der Waals surface area contributed by atoms with Crippen molar-refractivity contribution in [2.24, 2.45) is 5.92 Å². The van der Waals surface area contributed by atoms with E-state index in [0.29, 0.717) is 51.1 Å². The van der Waals surface area contributed by atoms with Crippen LogP contribution in [0.1, 0.15) is 176 Å². The first-order valence-electron chi connectivity index (χ1n) is 25.9. The summed E-state index contributed by atoms with van der Waals surface area (Å²) in [5.41, 5.74) is 5.59. The van der Waals surface area contributed by atoms with Gasteiger partial charge in [-0.1, -0.05) is 165 Å². The number of ether oxygens (including phenoxy) is 4. The molecule has 12 heteroatoms. The average Bonchev–Trinajstić information content (AvgIpc) is 3.29. The first kappa shape index (κ1) is 60.3. The normalized spacial score (nSPS) is 13.5. The van der Waals surface area contributed by atoms with Crippen molar-refractivity contribution >= 4 is 17.2 Å². The quantitative estimate of drug-likeness (QED) is 0.0402. The highest BCUT2D eigenvalue weighted by Gasteiger charge is 2.38. The molecule has 0 saturated carbocycles. The number of benzene rings is 4. The summed E-state index contributed by atoms with van der Waals surface area (Å²) in [7, 11) is -4.60. The molecule has 0 aliphatic rings. The number of hydrogen-bond acceptors (Lipinski definition) is 10. The fourth-order valence-corrected chi connectivity index (χ4v) is 9.75. The summed E-state index contributed by atoms with van der Waals surface area (Å²) < 4.78 is 50.2. The third-order valence-corrected chi connectivity index (χ3v) is 14.4. The van der Waals surface area contributed by atoms with Gasteiger partial charge >= 0.3 is 17.2 Å². The van der Waals surface area contributed by atoms with Crippen molar-refractivity contribution < 1.29 is 46.8 Å². The third-order valence-electron chi connectivity index (χ3n) is 13.0. The number of rotatable bonds is 29. The van der Waals surface area contributed by atoms with Crippen LogP contribution in [0.5, 0.6) is 23.0 Å². The van der Waals surface area contributed by atoms with E-state index in [0.717, 1.165) is 85.5 Å². The molecule has 4 rings (SSSR count). The predicted molar refractivity (Wildman–Crippen MR) is 294 cm³/mol. The SMILES string of the molecule is CCCCOCCOCCC(CCOCCOCCCC)C(C)(c1ccc(OP(O)O)cc1)c1ccc(OP(Oc2ccc(C(C)(C)C)cc2C(C)(C)C)Oc2ccc(C(C)(C)C)cc2C(C)(C)C)cc1. The molecule has 0 aliphatic carbocycles. The fourth-order valence-electron chi connectivity index (χ4n) is 8.39. The van der Waals surface area contributed by atoms with Crippen LogP contribution in [0.25, 0.3) is 0 Å². The van der Waals surface area contributed by atoms with Crippen molar-refractivity contribution in [1.82, 2.24) is 0 Å². The minimum atomic E-state index is -2.56. The molecule has 1 atom stereocenters. The second-order valence-corrected chi connectivity index (χ2v) is 24.6. The van der Waals surface area contributed by atoms with Gasteiger partial charge in [0.15, 0.2) is 0 Å². The molecule has 0 spiro atoms. The van der Waals surface area contributed by atoms with Crippen molar-refractivity contribution in [3.05, 3.63) is 118 Å². The van der Waals surface area contributed by atoms with Gasteiger partial charge in [0.1, 0.15) is 23.0 Å². The van der Waals surface area contributed by atoms with Crippen molar-refractivity contribution in [2.75, 3.05) is 52.9 Å². The summed E-state index contributed by atoms with van der Waals surface area (Å²) in [5, 5.41) is 0. The topological polar surface area (TPSA) is 114 Å². The molecule has 0 heterocycles. The maximum Gasteiger partial charge on any atom is 0.530 e. The zero-order valence-electron chi connectivity index (χ0n) is 46.1. The molecule has 396 valence electrons. The first-order chi connectivity index (χ1) is 33.4. The number of hydrogen-bond donors (Lipinski definition) is 2. The average molecular weight is 1020 g/mol. The lowest BCUT2D eigenvalue weighted by Crippen LogP contribution is -2.35. The molecule has 10 nitrogen and oxygen atoms in total. The van der Waals surface area contributed by atoms with Gasteiger partial charge in [0.25, 0.3) is 0 Å². The van der Waals surface area contributed by atoms with E-state index in [2.05, 4.69) is 152 Å². The van der Waals surface area contributed by atoms with Crippen LogP contribution < -0.4 is 18.1 Å². The Labute approximate surface area is 431 Å². The van der Waals surface area contributed by atoms with E-state index < -0.39 is 22.6 Å². The van der Waals surface area contributed by atoms with Crippen LogP contribution >= 0.6 is 17.2 Å². The van der Waals surface area contributed by atoms with Crippen LogP contribution in [0.4, 0.5) is 0 Å². The fraction of sp³-hybridized carbons (Fsp3) is 0.593. The van der Waals surface area contributed by atoms with Gasteiger partial charge in [0.2, 0.25) is 0 Å². The summed E-state index contributed by atoms with van der Waals surface area (Å²) in [5.74, 6) is 2.48. The highest BCUT2D eigenvalue weighted by atomic mass is 31.2. The predicted octanol–water partition coefficient (Wildman–Crippen LogP) is 15.6.